The van der Waals surface area contributed by atoms with Crippen molar-refractivity contribution >= 4 is 5.78 Å². The van der Waals surface area contributed by atoms with Crippen LogP contribution in [0.1, 0.15) is 78.6 Å². The number of ketones is 1. The number of rotatable bonds is 0. The van der Waals surface area contributed by atoms with Crippen molar-refractivity contribution in [3.63, 3.8) is 0 Å². The molecular formula is C20H32O. The molecule has 21 heavy (non-hydrogen) atoms. The highest BCUT2D eigenvalue weighted by Crippen LogP contribution is 2.66. The minimum atomic E-state index is 0.349. The lowest BCUT2D eigenvalue weighted by atomic mass is 9.44. The van der Waals surface area contributed by atoms with Gasteiger partial charge < -0.3 is 0 Å². The molecule has 0 spiro atoms. The van der Waals surface area contributed by atoms with Gasteiger partial charge in [0, 0.05) is 12.3 Å². The predicted molar refractivity (Wildman–Crippen MR) is 85.9 cm³/mol. The van der Waals surface area contributed by atoms with E-state index in [9.17, 15) is 4.79 Å². The molecule has 4 aliphatic rings. The number of carbonyl (C=O) groups excluding carboxylic acids is 1. The van der Waals surface area contributed by atoms with Gasteiger partial charge in [0.1, 0.15) is 5.78 Å². The maximum Gasteiger partial charge on any atom is 0.136 e. The number of hydrogen-bond acceptors (Lipinski definition) is 1. The van der Waals surface area contributed by atoms with Crippen LogP contribution >= 0.6 is 0 Å². The van der Waals surface area contributed by atoms with Crippen molar-refractivity contribution in [3.05, 3.63) is 0 Å². The van der Waals surface area contributed by atoms with Crippen LogP contribution in [0.5, 0.6) is 0 Å². The predicted octanol–water partition coefficient (Wildman–Crippen LogP) is 5.23. The van der Waals surface area contributed by atoms with E-state index in [4.69, 9.17) is 0 Å². The number of carbonyl (C=O) groups is 1. The topological polar surface area (TPSA) is 17.1 Å². The SMILES string of the molecule is CC1CC[C@@]2(C)CC[C@H]3[C@@H](CC(=O)[C@H]4CCCC[C@@]43C)[C@H]12. The van der Waals surface area contributed by atoms with Gasteiger partial charge >= 0.3 is 0 Å². The quantitative estimate of drug-likeness (QED) is 0.596. The lowest BCUT2D eigenvalue weighted by molar-refractivity contribution is -0.153. The molecule has 1 unspecified atom stereocenters. The molecule has 0 aromatic carbocycles. The van der Waals surface area contributed by atoms with Crippen LogP contribution in [-0.4, -0.2) is 5.78 Å². The summed E-state index contributed by atoms with van der Waals surface area (Å²) in [5.74, 6) is 4.29. The fourth-order valence-electron chi connectivity index (χ4n) is 7.56. The van der Waals surface area contributed by atoms with Crippen LogP contribution in [0.2, 0.25) is 0 Å². The zero-order valence-electron chi connectivity index (χ0n) is 14.2. The summed E-state index contributed by atoms with van der Waals surface area (Å²) in [5.41, 5.74) is 0.903. The van der Waals surface area contributed by atoms with E-state index in [1.807, 2.05) is 0 Å². The summed E-state index contributed by atoms with van der Waals surface area (Å²) < 4.78 is 0. The minimum absolute atomic E-state index is 0.349. The third kappa shape index (κ3) is 1.85. The van der Waals surface area contributed by atoms with E-state index in [1.165, 1.54) is 51.4 Å². The van der Waals surface area contributed by atoms with E-state index < -0.39 is 0 Å². The molecule has 0 aromatic rings. The van der Waals surface area contributed by atoms with Gasteiger partial charge in [-0.2, -0.15) is 0 Å². The van der Waals surface area contributed by atoms with E-state index in [0.717, 1.165) is 24.2 Å². The van der Waals surface area contributed by atoms with Crippen LogP contribution in [0.3, 0.4) is 0 Å². The lowest BCUT2D eigenvalue weighted by Crippen LogP contribution is -2.55. The van der Waals surface area contributed by atoms with Gasteiger partial charge in [-0.15, -0.1) is 0 Å². The Morgan fingerprint density at radius 1 is 1.00 bits per heavy atom. The first-order valence-corrected chi connectivity index (χ1v) is 9.48. The second kappa shape index (κ2) is 4.59. The molecule has 4 rings (SSSR count). The third-order valence-electron chi connectivity index (χ3n) is 8.52. The van der Waals surface area contributed by atoms with Gasteiger partial charge in [-0.05, 0) is 73.0 Å². The lowest BCUT2D eigenvalue weighted by Gasteiger charge is -2.59. The molecule has 0 radical (unpaired) electrons. The molecule has 0 aliphatic heterocycles. The number of hydrogen-bond donors (Lipinski definition) is 0. The summed E-state index contributed by atoms with van der Waals surface area (Å²) in [6.07, 6.45) is 11.7. The molecule has 0 N–H and O–H groups in total. The molecule has 4 saturated carbocycles. The zero-order valence-corrected chi connectivity index (χ0v) is 14.2. The molecule has 0 amide bonds. The van der Waals surface area contributed by atoms with E-state index in [0.29, 0.717) is 28.4 Å². The molecule has 7 atom stereocenters. The normalized spacial score (nSPS) is 56.5. The average molecular weight is 288 g/mol. The highest BCUT2D eigenvalue weighted by Gasteiger charge is 2.60. The maximum atomic E-state index is 12.9. The fraction of sp³-hybridized carbons (Fsp3) is 0.950. The van der Waals surface area contributed by atoms with E-state index in [1.54, 1.807) is 0 Å². The molecule has 0 aromatic heterocycles. The Kier molecular flexibility index (Phi) is 3.12. The first kappa shape index (κ1) is 14.3. The van der Waals surface area contributed by atoms with Gasteiger partial charge in [0.25, 0.3) is 0 Å². The molecule has 0 bridgehead atoms. The second-order valence-electron chi connectivity index (χ2n) is 9.48. The Balaban J connectivity index is 1.72. The van der Waals surface area contributed by atoms with Crippen LogP contribution in [0.4, 0.5) is 0 Å². The molecule has 0 saturated heterocycles. The minimum Gasteiger partial charge on any atom is -0.299 e. The average Bonchev–Trinajstić information content (AvgIpc) is 2.75. The van der Waals surface area contributed by atoms with Gasteiger partial charge in [0.2, 0.25) is 0 Å². The van der Waals surface area contributed by atoms with Crippen molar-refractivity contribution in [1.82, 2.24) is 0 Å². The largest absolute Gasteiger partial charge is 0.299 e. The number of Topliss-reactive ketones (excluding diaryl/α,β-unsaturated/α-hetero) is 1. The van der Waals surface area contributed by atoms with Gasteiger partial charge in [0.15, 0.2) is 0 Å². The summed E-state index contributed by atoms with van der Waals surface area (Å²) in [6, 6.07) is 0. The van der Waals surface area contributed by atoms with E-state index >= 15 is 0 Å². The van der Waals surface area contributed by atoms with Gasteiger partial charge in [0.05, 0.1) is 0 Å². The van der Waals surface area contributed by atoms with Crippen molar-refractivity contribution in [3.8, 4) is 0 Å². The molecule has 4 aliphatic carbocycles. The summed E-state index contributed by atoms with van der Waals surface area (Å²) in [6.45, 7) is 7.50. The Hall–Kier alpha value is -0.330. The van der Waals surface area contributed by atoms with Crippen molar-refractivity contribution < 1.29 is 4.79 Å². The van der Waals surface area contributed by atoms with Crippen LogP contribution in [0.15, 0.2) is 0 Å². The van der Waals surface area contributed by atoms with E-state index in [-0.39, 0.29) is 0 Å². The fourth-order valence-corrected chi connectivity index (χ4v) is 7.56. The summed E-state index contributed by atoms with van der Waals surface area (Å²) in [5, 5.41) is 0. The van der Waals surface area contributed by atoms with Crippen LogP contribution in [-0.2, 0) is 4.79 Å². The first-order valence-electron chi connectivity index (χ1n) is 9.48. The van der Waals surface area contributed by atoms with Crippen molar-refractivity contribution in [2.24, 2.45) is 40.4 Å². The Labute approximate surface area is 130 Å². The molecule has 4 fully saturated rings. The molecular weight excluding hydrogens is 256 g/mol. The highest BCUT2D eigenvalue weighted by molar-refractivity contribution is 5.83. The molecule has 118 valence electrons. The number of fused-ring (bicyclic) bond motifs is 5. The summed E-state index contributed by atoms with van der Waals surface area (Å²) >= 11 is 0. The summed E-state index contributed by atoms with van der Waals surface area (Å²) in [7, 11) is 0. The second-order valence-corrected chi connectivity index (χ2v) is 9.48. The molecule has 0 heterocycles. The smallest absolute Gasteiger partial charge is 0.136 e. The highest BCUT2D eigenvalue weighted by atomic mass is 16.1. The standard InChI is InChI=1S/C20H32O/c1-13-7-10-19(2)11-8-15-14(18(13)19)12-17(21)16-6-4-5-9-20(15,16)3/h13-16,18H,4-12H2,1-3H3/t13?,14-,15+,16-,18+,19+,20-/m1/s1. The monoisotopic (exact) mass is 288 g/mol. The van der Waals surface area contributed by atoms with Crippen molar-refractivity contribution in [2.45, 2.75) is 78.6 Å². The van der Waals surface area contributed by atoms with Crippen LogP contribution < -0.4 is 0 Å². The molecule has 1 nitrogen and oxygen atoms in total. The van der Waals surface area contributed by atoms with Crippen LogP contribution in [0.25, 0.3) is 0 Å². The van der Waals surface area contributed by atoms with Crippen molar-refractivity contribution in [1.29, 1.82) is 0 Å². The zero-order chi connectivity index (χ0) is 14.8. The van der Waals surface area contributed by atoms with Crippen LogP contribution in [0, 0.1) is 40.4 Å². The first-order chi connectivity index (χ1) is 9.96. The molecule has 1 heteroatoms. The van der Waals surface area contributed by atoms with Gasteiger partial charge in [-0.25, -0.2) is 0 Å². The Morgan fingerprint density at radius 3 is 2.57 bits per heavy atom. The Bertz CT molecular complexity index is 455. The van der Waals surface area contributed by atoms with E-state index in [2.05, 4.69) is 20.8 Å². The Morgan fingerprint density at radius 2 is 1.76 bits per heavy atom. The van der Waals surface area contributed by atoms with Gasteiger partial charge in [-0.1, -0.05) is 33.6 Å². The summed E-state index contributed by atoms with van der Waals surface area (Å²) in [4.78, 5) is 12.9. The van der Waals surface area contributed by atoms with Gasteiger partial charge in [-0.3, -0.25) is 4.79 Å². The third-order valence-corrected chi connectivity index (χ3v) is 8.52. The maximum absolute atomic E-state index is 12.9. The van der Waals surface area contributed by atoms with Crippen molar-refractivity contribution in [2.75, 3.05) is 0 Å².